The van der Waals surface area contributed by atoms with E-state index < -0.39 is 0 Å². The minimum Gasteiger partial charge on any atom is -0.392 e. The standard InChI is InChI=1S/C16H23NO2/c1-13(11-17-9-3-2-4-10-17)16(19)15-7-5-14(12-18)6-8-15/h5-8,13,18H,2-4,9-12H2,1H3/t13-/m0/s1. The van der Waals surface area contributed by atoms with Gasteiger partial charge in [-0.2, -0.15) is 0 Å². The summed E-state index contributed by atoms with van der Waals surface area (Å²) < 4.78 is 0. The third-order valence-electron chi connectivity index (χ3n) is 3.85. The zero-order valence-corrected chi connectivity index (χ0v) is 11.6. The molecule has 1 aliphatic heterocycles. The summed E-state index contributed by atoms with van der Waals surface area (Å²) in [5.74, 6) is 0.244. The fourth-order valence-electron chi connectivity index (χ4n) is 2.67. The van der Waals surface area contributed by atoms with Crippen molar-refractivity contribution >= 4 is 5.78 Å². The van der Waals surface area contributed by atoms with E-state index in [2.05, 4.69) is 4.90 Å². The van der Waals surface area contributed by atoms with Crippen molar-refractivity contribution < 1.29 is 9.90 Å². The second-order valence-electron chi connectivity index (χ2n) is 5.48. The van der Waals surface area contributed by atoms with Gasteiger partial charge in [-0.15, -0.1) is 0 Å². The lowest BCUT2D eigenvalue weighted by molar-refractivity contribution is 0.0883. The maximum absolute atomic E-state index is 12.3. The Morgan fingerprint density at radius 3 is 2.42 bits per heavy atom. The number of aliphatic hydroxyl groups excluding tert-OH is 1. The number of benzene rings is 1. The molecule has 1 fully saturated rings. The third kappa shape index (κ3) is 3.88. The van der Waals surface area contributed by atoms with E-state index in [9.17, 15) is 4.79 Å². The number of carbonyl (C=O) groups is 1. The van der Waals surface area contributed by atoms with Crippen molar-refractivity contribution in [1.82, 2.24) is 4.90 Å². The topological polar surface area (TPSA) is 40.5 Å². The maximum Gasteiger partial charge on any atom is 0.166 e. The minimum atomic E-state index is 0.0256. The molecule has 1 aromatic rings. The molecule has 104 valence electrons. The normalized spacial score (nSPS) is 18.2. The lowest BCUT2D eigenvalue weighted by Crippen LogP contribution is -2.35. The second kappa shape index (κ2) is 6.83. The number of nitrogens with zero attached hydrogens (tertiary/aromatic N) is 1. The number of likely N-dealkylation sites (tertiary alicyclic amines) is 1. The molecular weight excluding hydrogens is 238 g/mol. The SMILES string of the molecule is C[C@@H](CN1CCCCC1)C(=O)c1ccc(CO)cc1. The molecule has 0 bridgehead atoms. The first-order chi connectivity index (χ1) is 9.20. The average Bonchev–Trinajstić information content (AvgIpc) is 2.47. The first kappa shape index (κ1) is 14.2. The molecule has 2 rings (SSSR count). The van der Waals surface area contributed by atoms with E-state index in [1.807, 2.05) is 31.2 Å². The quantitative estimate of drug-likeness (QED) is 0.828. The van der Waals surface area contributed by atoms with Gasteiger partial charge in [-0.25, -0.2) is 0 Å². The summed E-state index contributed by atoms with van der Waals surface area (Å²) in [6, 6.07) is 7.28. The molecule has 0 radical (unpaired) electrons. The van der Waals surface area contributed by atoms with Crippen LogP contribution in [-0.2, 0) is 6.61 Å². The summed E-state index contributed by atoms with van der Waals surface area (Å²) in [5, 5.41) is 9.00. The smallest absolute Gasteiger partial charge is 0.166 e. The molecule has 3 nitrogen and oxygen atoms in total. The Kier molecular flexibility index (Phi) is 5.11. The maximum atomic E-state index is 12.3. The van der Waals surface area contributed by atoms with E-state index >= 15 is 0 Å². The van der Waals surface area contributed by atoms with Gasteiger partial charge in [0.25, 0.3) is 0 Å². The van der Waals surface area contributed by atoms with Crippen LogP contribution in [-0.4, -0.2) is 35.4 Å². The molecule has 0 aromatic heterocycles. The summed E-state index contributed by atoms with van der Waals surface area (Å²) in [6.45, 7) is 5.15. The average molecular weight is 261 g/mol. The second-order valence-corrected chi connectivity index (χ2v) is 5.48. The number of hydrogen-bond donors (Lipinski definition) is 1. The van der Waals surface area contributed by atoms with Crippen LogP contribution in [0.2, 0.25) is 0 Å². The van der Waals surface area contributed by atoms with Gasteiger partial charge in [0.2, 0.25) is 0 Å². The van der Waals surface area contributed by atoms with Crippen molar-refractivity contribution in [3.63, 3.8) is 0 Å². The molecule has 0 saturated carbocycles. The van der Waals surface area contributed by atoms with Gasteiger partial charge in [0.05, 0.1) is 6.61 Å². The Labute approximate surface area is 115 Å². The van der Waals surface area contributed by atoms with Crippen LogP contribution in [0.25, 0.3) is 0 Å². The van der Waals surface area contributed by atoms with Crippen molar-refractivity contribution in [1.29, 1.82) is 0 Å². The largest absolute Gasteiger partial charge is 0.392 e. The van der Waals surface area contributed by atoms with E-state index in [0.717, 1.165) is 30.8 Å². The van der Waals surface area contributed by atoms with Gasteiger partial charge in [-0.3, -0.25) is 4.79 Å². The van der Waals surface area contributed by atoms with Gasteiger partial charge in [-0.05, 0) is 31.5 Å². The van der Waals surface area contributed by atoms with Crippen LogP contribution in [0.1, 0.15) is 42.1 Å². The van der Waals surface area contributed by atoms with Crippen molar-refractivity contribution in [2.45, 2.75) is 32.8 Å². The Morgan fingerprint density at radius 1 is 1.21 bits per heavy atom. The number of carbonyl (C=O) groups excluding carboxylic acids is 1. The molecule has 0 unspecified atom stereocenters. The van der Waals surface area contributed by atoms with Gasteiger partial charge in [-0.1, -0.05) is 37.6 Å². The number of rotatable bonds is 5. The first-order valence-electron chi connectivity index (χ1n) is 7.17. The van der Waals surface area contributed by atoms with Crippen LogP contribution in [0.4, 0.5) is 0 Å². The van der Waals surface area contributed by atoms with Crippen LogP contribution >= 0.6 is 0 Å². The summed E-state index contributed by atoms with van der Waals surface area (Å²) in [6.07, 6.45) is 3.83. The Hall–Kier alpha value is -1.19. The molecule has 19 heavy (non-hydrogen) atoms. The molecule has 1 aliphatic rings. The molecule has 3 heteroatoms. The predicted molar refractivity (Wildman–Crippen MR) is 76.2 cm³/mol. The molecule has 1 saturated heterocycles. The molecule has 1 aromatic carbocycles. The van der Waals surface area contributed by atoms with Gasteiger partial charge in [0.15, 0.2) is 5.78 Å². The van der Waals surface area contributed by atoms with Crippen LogP contribution in [0.5, 0.6) is 0 Å². The fourth-order valence-corrected chi connectivity index (χ4v) is 2.67. The Bertz CT molecular complexity index is 407. The lowest BCUT2D eigenvalue weighted by atomic mass is 9.97. The van der Waals surface area contributed by atoms with Gasteiger partial charge in [0, 0.05) is 18.0 Å². The third-order valence-corrected chi connectivity index (χ3v) is 3.85. The number of aliphatic hydroxyl groups is 1. The monoisotopic (exact) mass is 261 g/mol. The Morgan fingerprint density at radius 2 is 1.84 bits per heavy atom. The van der Waals surface area contributed by atoms with Crippen molar-refractivity contribution in [2.75, 3.05) is 19.6 Å². The molecule has 0 spiro atoms. The van der Waals surface area contributed by atoms with Crippen LogP contribution in [0, 0.1) is 5.92 Å². The summed E-state index contributed by atoms with van der Waals surface area (Å²) in [7, 11) is 0. The van der Waals surface area contributed by atoms with Crippen LogP contribution in [0.15, 0.2) is 24.3 Å². The zero-order valence-electron chi connectivity index (χ0n) is 11.6. The number of ketones is 1. The van der Waals surface area contributed by atoms with Crippen LogP contribution in [0.3, 0.4) is 0 Å². The van der Waals surface area contributed by atoms with E-state index in [-0.39, 0.29) is 18.3 Å². The van der Waals surface area contributed by atoms with Crippen molar-refractivity contribution in [3.05, 3.63) is 35.4 Å². The van der Waals surface area contributed by atoms with Gasteiger partial charge < -0.3 is 10.0 Å². The van der Waals surface area contributed by atoms with E-state index in [0.29, 0.717) is 0 Å². The molecule has 1 atom stereocenters. The molecule has 0 amide bonds. The van der Waals surface area contributed by atoms with E-state index in [1.54, 1.807) is 0 Å². The highest BCUT2D eigenvalue weighted by Crippen LogP contribution is 2.15. The van der Waals surface area contributed by atoms with Gasteiger partial charge >= 0.3 is 0 Å². The molecular formula is C16H23NO2. The summed E-state index contributed by atoms with van der Waals surface area (Å²) in [5.41, 5.74) is 1.60. The molecule has 1 heterocycles. The first-order valence-corrected chi connectivity index (χ1v) is 7.17. The van der Waals surface area contributed by atoms with E-state index in [4.69, 9.17) is 5.11 Å². The summed E-state index contributed by atoms with van der Waals surface area (Å²) in [4.78, 5) is 14.7. The minimum absolute atomic E-state index is 0.0256. The molecule has 1 N–H and O–H groups in total. The Balaban J connectivity index is 1.93. The van der Waals surface area contributed by atoms with Crippen molar-refractivity contribution in [3.8, 4) is 0 Å². The number of Topliss-reactive ketones (excluding diaryl/α,β-unsaturated/α-hetero) is 1. The van der Waals surface area contributed by atoms with E-state index in [1.165, 1.54) is 19.3 Å². The molecule has 0 aliphatic carbocycles. The number of piperidine rings is 1. The highest BCUT2D eigenvalue weighted by Gasteiger charge is 2.19. The number of hydrogen-bond acceptors (Lipinski definition) is 3. The highest BCUT2D eigenvalue weighted by atomic mass is 16.3. The zero-order chi connectivity index (χ0) is 13.7. The highest BCUT2D eigenvalue weighted by molar-refractivity contribution is 5.97. The predicted octanol–water partition coefficient (Wildman–Crippen LogP) is 2.48. The fraction of sp³-hybridized carbons (Fsp3) is 0.562. The van der Waals surface area contributed by atoms with Crippen molar-refractivity contribution in [2.24, 2.45) is 5.92 Å². The lowest BCUT2D eigenvalue weighted by Gasteiger charge is -2.28. The van der Waals surface area contributed by atoms with Gasteiger partial charge in [0.1, 0.15) is 0 Å². The summed E-state index contributed by atoms with van der Waals surface area (Å²) >= 11 is 0. The van der Waals surface area contributed by atoms with Crippen LogP contribution < -0.4 is 0 Å².